The molecule has 0 saturated carbocycles. The van der Waals surface area contributed by atoms with Crippen LogP contribution in [0.2, 0.25) is 0 Å². The molecule has 0 saturated heterocycles. The molecule has 1 heterocycles. The minimum atomic E-state index is -0.260. The number of hydrogen-bond donors (Lipinski definition) is 2. The molecular weight excluding hydrogens is 404 g/mol. The zero-order chi connectivity index (χ0) is 22.3. The Labute approximate surface area is 186 Å². The standard InChI is InChI=1S/C26H24N2O4/c1-31-20-12-10-18(11-13-20)22(23-15-27-24-8-4-3-7-21(23)24)14-28-26(30)17-32-25-9-5-2-6-19(25)16-29/h2-13,15-16,22,27H,14,17H2,1H3,(H,28,30). The van der Waals surface area contributed by atoms with E-state index in [1.54, 1.807) is 31.4 Å². The van der Waals surface area contributed by atoms with E-state index in [0.29, 0.717) is 24.1 Å². The number of aldehydes is 1. The molecular formula is C26H24N2O4. The highest BCUT2D eigenvalue weighted by molar-refractivity contribution is 5.84. The van der Waals surface area contributed by atoms with E-state index in [4.69, 9.17) is 9.47 Å². The number of H-pyrrole nitrogens is 1. The zero-order valence-corrected chi connectivity index (χ0v) is 17.7. The van der Waals surface area contributed by atoms with Gasteiger partial charge >= 0.3 is 0 Å². The first kappa shape index (κ1) is 21.2. The first-order valence-corrected chi connectivity index (χ1v) is 10.3. The third-order valence-corrected chi connectivity index (χ3v) is 5.42. The van der Waals surface area contributed by atoms with E-state index < -0.39 is 0 Å². The normalized spacial score (nSPS) is 11.7. The van der Waals surface area contributed by atoms with Gasteiger partial charge in [0, 0.05) is 29.6 Å². The smallest absolute Gasteiger partial charge is 0.257 e. The lowest BCUT2D eigenvalue weighted by Crippen LogP contribution is -2.32. The molecule has 1 aromatic heterocycles. The number of nitrogens with one attached hydrogen (secondary N) is 2. The summed E-state index contributed by atoms with van der Waals surface area (Å²) in [7, 11) is 1.63. The third-order valence-electron chi connectivity index (χ3n) is 5.42. The van der Waals surface area contributed by atoms with Gasteiger partial charge in [0.1, 0.15) is 11.5 Å². The van der Waals surface area contributed by atoms with Crippen LogP contribution in [0.3, 0.4) is 0 Å². The van der Waals surface area contributed by atoms with Gasteiger partial charge in [0.15, 0.2) is 12.9 Å². The number of methoxy groups -OCH3 is 1. The Balaban J connectivity index is 1.51. The van der Waals surface area contributed by atoms with E-state index >= 15 is 0 Å². The second-order valence-corrected chi connectivity index (χ2v) is 7.36. The summed E-state index contributed by atoms with van der Waals surface area (Å²) < 4.78 is 10.8. The SMILES string of the molecule is COc1ccc(C(CNC(=O)COc2ccccc2C=O)c2c[nH]c3ccccc23)cc1. The Morgan fingerprint density at radius 1 is 1.03 bits per heavy atom. The molecule has 3 aromatic carbocycles. The minimum Gasteiger partial charge on any atom is -0.497 e. The van der Waals surface area contributed by atoms with Crippen molar-refractivity contribution in [3.8, 4) is 11.5 Å². The quantitative estimate of drug-likeness (QED) is 0.389. The molecule has 6 nitrogen and oxygen atoms in total. The van der Waals surface area contributed by atoms with Crippen LogP contribution in [0.25, 0.3) is 10.9 Å². The number of benzene rings is 3. The van der Waals surface area contributed by atoms with Crippen LogP contribution in [0.1, 0.15) is 27.4 Å². The average molecular weight is 428 g/mol. The van der Waals surface area contributed by atoms with Gasteiger partial charge in [-0.3, -0.25) is 9.59 Å². The van der Waals surface area contributed by atoms with Gasteiger partial charge in [-0.15, -0.1) is 0 Å². The lowest BCUT2D eigenvalue weighted by atomic mass is 9.91. The van der Waals surface area contributed by atoms with Crippen LogP contribution in [0.15, 0.2) is 79.0 Å². The summed E-state index contributed by atoms with van der Waals surface area (Å²) in [6, 6.07) is 22.8. The number of aromatic amines is 1. The van der Waals surface area contributed by atoms with Crippen LogP contribution >= 0.6 is 0 Å². The predicted molar refractivity (Wildman–Crippen MR) is 123 cm³/mol. The largest absolute Gasteiger partial charge is 0.497 e. The van der Waals surface area contributed by atoms with Crippen molar-refractivity contribution in [1.82, 2.24) is 10.3 Å². The Bertz CT molecular complexity index is 1210. The number of para-hydroxylation sites is 2. The molecule has 4 aromatic rings. The number of aromatic nitrogens is 1. The molecule has 6 heteroatoms. The fourth-order valence-corrected chi connectivity index (χ4v) is 3.75. The number of carbonyl (C=O) groups excluding carboxylic acids is 2. The molecule has 0 aliphatic heterocycles. The zero-order valence-electron chi connectivity index (χ0n) is 17.7. The van der Waals surface area contributed by atoms with Gasteiger partial charge in [0.25, 0.3) is 5.91 Å². The second kappa shape index (κ2) is 9.83. The summed E-state index contributed by atoms with van der Waals surface area (Å²) in [4.78, 5) is 27.0. The van der Waals surface area contributed by atoms with Gasteiger partial charge in [-0.05, 0) is 41.5 Å². The summed E-state index contributed by atoms with van der Waals surface area (Å²) in [5.41, 5.74) is 3.61. The first-order chi connectivity index (χ1) is 15.7. The van der Waals surface area contributed by atoms with E-state index in [1.165, 1.54) is 0 Å². The van der Waals surface area contributed by atoms with Crippen molar-refractivity contribution in [2.45, 2.75) is 5.92 Å². The molecule has 1 amide bonds. The summed E-state index contributed by atoms with van der Waals surface area (Å²) in [6.07, 6.45) is 2.70. The van der Waals surface area contributed by atoms with Crippen molar-refractivity contribution in [3.63, 3.8) is 0 Å². The maximum absolute atomic E-state index is 12.5. The number of hydrogen-bond acceptors (Lipinski definition) is 4. The van der Waals surface area contributed by atoms with Crippen molar-refractivity contribution < 1.29 is 19.1 Å². The van der Waals surface area contributed by atoms with Crippen LogP contribution in [-0.4, -0.2) is 37.4 Å². The Morgan fingerprint density at radius 2 is 1.78 bits per heavy atom. The van der Waals surface area contributed by atoms with Crippen molar-refractivity contribution in [2.75, 3.05) is 20.3 Å². The molecule has 0 fully saturated rings. The first-order valence-electron chi connectivity index (χ1n) is 10.3. The summed E-state index contributed by atoms with van der Waals surface area (Å²) in [6.45, 7) is 0.222. The van der Waals surface area contributed by atoms with Crippen molar-refractivity contribution in [3.05, 3.63) is 95.7 Å². The number of amides is 1. The predicted octanol–water partition coefficient (Wildman–Crippen LogP) is 4.32. The Hall–Kier alpha value is -4.06. The lowest BCUT2D eigenvalue weighted by molar-refractivity contribution is -0.123. The van der Waals surface area contributed by atoms with E-state index in [1.807, 2.05) is 48.7 Å². The third kappa shape index (κ3) is 4.64. The van der Waals surface area contributed by atoms with Gasteiger partial charge in [-0.25, -0.2) is 0 Å². The van der Waals surface area contributed by atoms with Crippen molar-refractivity contribution in [1.29, 1.82) is 0 Å². The van der Waals surface area contributed by atoms with Crippen LogP contribution in [-0.2, 0) is 4.79 Å². The molecule has 1 atom stereocenters. The van der Waals surface area contributed by atoms with Gasteiger partial charge in [-0.1, -0.05) is 42.5 Å². The Kier molecular flexibility index (Phi) is 6.51. The van der Waals surface area contributed by atoms with E-state index in [0.717, 1.165) is 27.8 Å². The number of rotatable bonds is 9. The molecule has 162 valence electrons. The highest BCUT2D eigenvalue weighted by Crippen LogP contribution is 2.31. The molecule has 0 spiro atoms. The van der Waals surface area contributed by atoms with Gasteiger partial charge < -0.3 is 19.8 Å². The van der Waals surface area contributed by atoms with Gasteiger partial charge in [0.05, 0.1) is 12.7 Å². The summed E-state index contributed by atoms with van der Waals surface area (Å²) >= 11 is 0. The van der Waals surface area contributed by atoms with Crippen LogP contribution in [0.5, 0.6) is 11.5 Å². The fourth-order valence-electron chi connectivity index (χ4n) is 3.75. The molecule has 2 N–H and O–H groups in total. The van der Waals surface area contributed by atoms with E-state index in [2.05, 4.69) is 16.4 Å². The maximum atomic E-state index is 12.5. The maximum Gasteiger partial charge on any atom is 0.257 e. The second-order valence-electron chi connectivity index (χ2n) is 7.36. The van der Waals surface area contributed by atoms with E-state index in [-0.39, 0.29) is 18.4 Å². The van der Waals surface area contributed by atoms with Crippen LogP contribution < -0.4 is 14.8 Å². The van der Waals surface area contributed by atoms with Gasteiger partial charge in [-0.2, -0.15) is 0 Å². The number of carbonyl (C=O) groups is 2. The number of ether oxygens (including phenoxy) is 2. The van der Waals surface area contributed by atoms with Crippen molar-refractivity contribution in [2.24, 2.45) is 0 Å². The highest BCUT2D eigenvalue weighted by Gasteiger charge is 2.19. The Morgan fingerprint density at radius 3 is 2.56 bits per heavy atom. The molecule has 1 unspecified atom stereocenters. The highest BCUT2D eigenvalue weighted by atomic mass is 16.5. The topological polar surface area (TPSA) is 80.4 Å². The lowest BCUT2D eigenvalue weighted by Gasteiger charge is -2.19. The molecule has 0 bridgehead atoms. The van der Waals surface area contributed by atoms with Crippen LogP contribution in [0.4, 0.5) is 0 Å². The molecule has 4 rings (SSSR count). The molecule has 0 aliphatic carbocycles. The molecule has 32 heavy (non-hydrogen) atoms. The monoisotopic (exact) mass is 428 g/mol. The number of fused-ring (bicyclic) bond motifs is 1. The van der Waals surface area contributed by atoms with Crippen molar-refractivity contribution >= 4 is 23.1 Å². The van der Waals surface area contributed by atoms with Crippen LogP contribution in [0, 0.1) is 0 Å². The average Bonchev–Trinajstić information content (AvgIpc) is 3.27. The summed E-state index contributed by atoms with van der Waals surface area (Å²) in [5, 5.41) is 4.08. The van der Waals surface area contributed by atoms with Gasteiger partial charge in [0.2, 0.25) is 0 Å². The minimum absolute atomic E-state index is 0.0664. The fraction of sp³-hybridized carbons (Fsp3) is 0.154. The summed E-state index contributed by atoms with van der Waals surface area (Å²) in [5.74, 6) is 0.839. The molecule has 0 radical (unpaired) electrons. The van der Waals surface area contributed by atoms with E-state index in [9.17, 15) is 9.59 Å². The molecule has 0 aliphatic rings.